The lowest BCUT2D eigenvalue weighted by molar-refractivity contribution is 0.0819. The van der Waals surface area contributed by atoms with E-state index in [9.17, 15) is 9.50 Å². The van der Waals surface area contributed by atoms with Crippen LogP contribution in [0.4, 0.5) is 14.6 Å². The van der Waals surface area contributed by atoms with Crippen molar-refractivity contribution in [3.8, 4) is 35.2 Å². The van der Waals surface area contributed by atoms with Gasteiger partial charge in [-0.3, -0.25) is 4.90 Å². The minimum Gasteiger partial charge on any atom is -0.508 e. The molecule has 7 rings (SSSR count). The van der Waals surface area contributed by atoms with Crippen LogP contribution >= 0.6 is 0 Å². The standard InChI is InChI=1S/C38H43F2N5O3/c1-3-5-16-41-31(32-9-6-19-47-32)22-42-36-28-12-11-27(29-21-25(46)20-24-10-13-30(39)26(4-2)33(24)29)34(40)35(28)43-37(44-36)48-23-38-14-7-17-45(38)18-8-15-38/h2,10-13,20-21,31-32,41,46H,3,5-9,14-19,22-23H2,1H3,(H,42,43,44). The monoisotopic (exact) mass is 655 g/mol. The van der Waals surface area contributed by atoms with Gasteiger partial charge in [0.25, 0.3) is 0 Å². The first-order chi connectivity index (χ1) is 23.4. The molecule has 0 amide bonds. The number of ether oxygens (including phenoxy) is 2. The molecule has 0 saturated carbocycles. The number of benzene rings is 3. The van der Waals surface area contributed by atoms with Crippen LogP contribution in [0.2, 0.25) is 0 Å². The van der Waals surface area contributed by atoms with Crippen molar-refractivity contribution in [1.29, 1.82) is 0 Å². The highest BCUT2D eigenvalue weighted by atomic mass is 19.1. The molecule has 2 atom stereocenters. The number of aromatic nitrogens is 2. The number of hydrogen-bond donors (Lipinski definition) is 3. The summed E-state index contributed by atoms with van der Waals surface area (Å²) in [7, 11) is 0. The van der Waals surface area contributed by atoms with E-state index in [-0.39, 0.29) is 51.7 Å². The van der Waals surface area contributed by atoms with E-state index in [1.54, 1.807) is 12.1 Å². The van der Waals surface area contributed by atoms with Crippen molar-refractivity contribution in [3.05, 3.63) is 53.6 Å². The average molecular weight is 656 g/mol. The summed E-state index contributed by atoms with van der Waals surface area (Å²) < 4.78 is 44.1. The van der Waals surface area contributed by atoms with Gasteiger partial charge in [-0.15, -0.1) is 6.42 Å². The lowest BCUT2D eigenvalue weighted by Gasteiger charge is -2.31. The van der Waals surface area contributed by atoms with Gasteiger partial charge in [-0.25, -0.2) is 8.78 Å². The molecule has 10 heteroatoms. The first-order valence-electron chi connectivity index (χ1n) is 17.3. The number of unbranched alkanes of at least 4 members (excludes halogenated alkanes) is 1. The first-order valence-corrected chi connectivity index (χ1v) is 17.3. The highest BCUT2D eigenvalue weighted by Gasteiger charge is 2.45. The van der Waals surface area contributed by atoms with Gasteiger partial charge < -0.3 is 25.2 Å². The zero-order chi connectivity index (χ0) is 33.3. The Hall–Kier alpha value is -4.04. The van der Waals surface area contributed by atoms with E-state index < -0.39 is 11.6 Å². The van der Waals surface area contributed by atoms with E-state index in [0.717, 1.165) is 77.6 Å². The lowest BCUT2D eigenvalue weighted by Crippen LogP contribution is -2.45. The summed E-state index contributed by atoms with van der Waals surface area (Å²) in [6, 6.07) is 9.17. The number of hydrogen-bond acceptors (Lipinski definition) is 8. The third-order valence-corrected chi connectivity index (χ3v) is 10.4. The van der Waals surface area contributed by atoms with Crippen LogP contribution in [0.3, 0.4) is 0 Å². The van der Waals surface area contributed by atoms with E-state index in [0.29, 0.717) is 35.1 Å². The number of terminal acetylenes is 1. The van der Waals surface area contributed by atoms with E-state index in [1.165, 1.54) is 24.3 Å². The molecule has 0 radical (unpaired) electrons. The van der Waals surface area contributed by atoms with Crippen molar-refractivity contribution in [2.75, 3.05) is 44.7 Å². The van der Waals surface area contributed by atoms with Gasteiger partial charge in [-0.2, -0.15) is 9.97 Å². The Morgan fingerprint density at radius 2 is 1.96 bits per heavy atom. The molecule has 3 aromatic carbocycles. The molecule has 1 aromatic heterocycles. The molecule has 8 nitrogen and oxygen atoms in total. The molecule has 3 saturated heterocycles. The normalized spacial score (nSPS) is 19.5. The molecule has 0 spiro atoms. The van der Waals surface area contributed by atoms with Gasteiger partial charge in [0.1, 0.15) is 29.5 Å². The predicted octanol–water partition coefficient (Wildman–Crippen LogP) is 6.77. The number of fused-ring (bicyclic) bond motifs is 3. The zero-order valence-electron chi connectivity index (χ0n) is 27.5. The molecule has 2 unspecified atom stereocenters. The minimum atomic E-state index is -0.639. The molecular formula is C38H43F2N5O3. The molecule has 3 aliphatic heterocycles. The molecule has 4 aromatic rings. The maximum atomic E-state index is 16.9. The van der Waals surface area contributed by atoms with Gasteiger partial charge in [-0.05, 0) is 99.8 Å². The fourth-order valence-corrected chi connectivity index (χ4v) is 7.91. The Morgan fingerprint density at radius 1 is 1.12 bits per heavy atom. The number of nitrogens with zero attached hydrogens (tertiary/aromatic N) is 3. The zero-order valence-corrected chi connectivity index (χ0v) is 27.5. The van der Waals surface area contributed by atoms with Gasteiger partial charge in [0.2, 0.25) is 0 Å². The Balaban J connectivity index is 1.30. The SMILES string of the molecule is C#Cc1c(F)ccc2cc(O)cc(-c3ccc4c(NCC(NCCCC)C5CCCO5)nc(OCC56CCCN5CCC6)nc4c3F)c12. The summed E-state index contributed by atoms with van der Waals surface area (Å²) in [5.74, 6) is 1.56. The van der Waals surface area contributed by atoms with Crippen LogP contribution in [0.25, 0.3) is 32.8 Å². The number of nitrogens with one attached hydrogen (secondary N) is 2. The van der Waals surface area contributed by atoms with Gasteiger partial charge in [-0.1, -0.05) is 31.4 Å². The van der Waals surface area contributed by atoms with Crippen molar-refractivity contribution >= 4 is 27.5 Å². The molecule has 48 heavy (non-hydrogen) atoms. The molecule has 4 heterocycles. The van der Waals surface area contributed by atoms with Crippen molar-refractivity contribution in [1.82, 2.24) is 20.2 Å². The lowest BCUT2D eigenvalue weighted by atomic mass is 9.93. The van der Waals surface area contributed by atoms with E-state index in [1.807, 2.05) is 0 Å². The molecule has 3 fully saturated rings. The summed E-state index contributed by atoms with van der Waals surface area (Å²) in [4.78, 5) is 11.9. The molecule has 3 N–H and O–H groups in total. The quantitative estimate of drug-likeness (QED) is 0.114. The van der Waals surface area contributed by atoms with Crippen LogP contribution < -0.4 is 15.4 Å². The Morgan fingerprint density at radius 3 is 2.71 bits per heavy atom. The van der Waals surface area contributed by atoms with E-state index >= 15 is 4.39 Å². The van der Waals surface area contributed by atoms with Gasteiger partial charge in [0.05, 0.1) is 23.2 Å². The maximum absolute atomic E-state index is 16.9. The second-order valence-electron chi connectivity index (χ2n) is 13.4. The van der Waals surface area contributed by atoms with Crippen molar-refractivity contribution in [3.63, 3.8) is 0 Å². The number of halogens is 2. The third kappa shape index (κ3) is 6.15. The number of phenolic OH excluding ortho intramolecular Hbond substituents is 1. The highest BCUT2D eigenvalue weighted by Crippen LogP contribution is 2.41. The Kier molecular flexibility index (Phi) is 9.36. The van der Waals surface area contributed by atoms with Crippen LogP contribution in [0.1, 0.15) is 63.9 Å². The summed E-state index contributed by atoms with van der Waals surface area (Å²) in [5, 5.41) is 19.1. The van der Waals surface area contributed by atoms with Gasteiger partial charge in [0.15, 0.2) is 5.82 Å². The van der Waals surface area contributed by atoms with Gasteiger partial charge in [0, 0.05) is 29.5 Å². The third-order valence-electron chi connectivity index (χ3n) is 10.4. The van der Waals surface area contributed by atoms with Crippen LogP contribution in [0.15, 0.2) is 36.4 Å². The second-order valence-corrected chi connectivity index (χ2v) is 13.4. The van der Waals surface area contributed by atoms with Crippen LogP contribution in [0, 0.1) is 24.0 Å². The van der Waals surface area contributed by atoms with Crippen molar-refractivity contribution in [2.45, 2.75) is 76.0 Å². The fraction of sp³-hybridized carbons (Fsp3) is 0.474. The highest BCUT2D eigenvalue weighted by molar-refractivity contribution is 6.04. The summed E-state index contributed by atoms with van der Waals surface area (Å²) in [5.41, 5.74) is 0.434. The number of phenols is 1. The molecule has 0 bridgehead atoms. The number of aromatic hydroxyl groups is 1. The molecule has 0 aliphatic carbocycles. The van der Waals surface area contributed by atoms with Crippen molar-refractivity contribution < 1.29 is 23.4 Å². The minimum absolute atomic E-state index is 0.00347. The number of rotatable bonds is 12. The number of anilines is 1. The molecular weight excluding hydrogens is 612 g/mol. The predicted molar refractivity (Wildman–Crippen MR) is 184 cm³/mol. The molecule has 252 valence electrons. The summed E-state index contributed by atoms with van der Waals surface area (Å²) in [6.45, 7) is 6.84. The smallest absolute Gasteiger partial charge is 0.319 e. The van der Waals surface area contributed by atoms with E-state index in [4.69, 9.17) is 20.9 Å². The Labute approximate surface area is 280 Å². The van der Waals surface area contributed by atoms with Crippen LogP contribution in [0.5, 0.6) is 11.8 Å². The van der Waals surface area contributed by atoms with Gasteiger partial charge >= 0.3 is 6.01 Å². The Bertz CT molecular complexity index is 1840. The van der Waals surface area contributed by atoms with E-state index in [2.05, 4.69) is 33.4 Å². The second kappa shape index (κ2) is 13.8. The van der Waals surface area contributed by atoms with Crippen LogP contribution in [-0.2, 0) is 4.74 Å². The average Bonchev–Trinajstić information content (AvgIpc) is 3.84. The summed E-state index contributed by atoms with van der Waals surface area (Å²) in [6.07, 6.45) is 14.3. The van der Waals surface area contributed by atoms with Crippen molar-refractivity contribution in [2.24, 2.45) is 0 Å². The topological polar surface area (TPSA) is 91.8 Å². The molecule has 3 aliphatic rings. The largest absolute Gasteiger partial charge is 0.508 e. The van der Waals surface area contributed by atoms with Crippen LogP contribution in [-0.4, -0.2) is 77.1 Å². The first kappa shape index (κ1) is 32.5. The fourth-order valence-electron chi connectivity index (χ4n) is 7.91. The maximum Gasteiger partial charge on any atom is 0.319 e. The summed E-state index contributed by atoms with van der Waals surface area (Å²) >= 11 is 0.